The van der Waals surface area contributed by atoms with Crippen LogP contribution in [0.5, 0.6) is 0 Å². The lowest BCUT2D eigenvalue weighted by molar-refractivity contribution is -0.117. The van der Waals surface area contributed by atoms with Gasteiger partial charge in [-0.2, -0.15) is 5.10 Å². The van der Waals surface area contributed by atoms with Crippen LogP contribution in [0.2, 0.25) is 0 Å². The average Bonchev–Trinajstić information content (AvgIpc) is 2.75. The van der Waals surface area contributed by atoms with Gasteiger partial charge in [-0.1, -0.05) is 43.7 Å². The van der Waals surface area contributed by atoms with Crippen LogP contribution in [-0.2, 0) is 11.8 Å². The Bertz CT molecular complexity index is 575. The van der Waals surface area contributed by atoms with Gasteiger partial charge in [-0.3, -0.25) is 9.48 Å². The van der Waals surface area contributed by atoms with Crippen LogP contribution in [0.3, 0.4) is 0 Å². The molecule has 0 bridgehead atoms. The largest absolute Gasteiger partial charge is 0.310 e. The van der Waals surface area contributed by atoms with Crippen LogP contribution < -0.4 is 5.32 Å². The molecule has 0 aliphatic rings. The van der Waals surface area contributed by atoms with Crippen molar-refractivity contribution in [2.75, 3.05) is 5.32 Å². The number of amides is 1. The second-order valence-electron chi connectivity index (χ2n) is 5.04. The quantitative estimate of drug-likeness (QED) is 0.907. The summed E-state index contributed by atoms with van der Waals surface area (Å²) >= 11 is 0. The van der Waals surface area contributed by atoms with Gasteiger partial charge in [0.25, 0.3) is 0 Å². The highest BCUT2D eigenvalue weighted by molar-refractivity contribution is 5.95. The van der Waals surface area contributed by atoms with Crippen molar-refractivity contribution in [3.8, 4) is 0 Å². The molecular formula is C16H21N3O. The number of carbonyl (C=O) groups is 1. The molecule has 106 valence electrons. The first kappa shape index (κ1) is 14.3. The van der Waals surface area contributed by atoms with E-state index in [-0.39, 0.29) is 11.8 Å². The molecule has 2 rings (SSSR count). The third-order valence-electron chi connectivity index (χ3n) is 3.35. The zero-order valence-corrected chi connectivity index (χ0v) is 12.3. The maximum atomic E-state index is 12.5. The van der Waals surface area contributed by atoms with Crippen molar-refractivity contribution >= 4 is 11.7 Å². The highest BCUT2D eigenvalue weighted by Crippen LogP contribution is 2.23. The predicted molar refractivity (Wildman–Crippen MR) is 80.7 cm³/mol. The lowest BCUT2D eigenvalue weighted by Gasteiger charge is -2.16. The van der Waals surface area contributed by atoms with E-state index in [0.717, 1.165) is 29.9 Å². The lowest BCUT2D eigenvalue weighted by atomic mass is 9.94. The van der Waals surface area contributed by atoms with E-state index < -0.39 is 0 Å². The smallest absolute Gasteiger partial charge is 0.233 e. The van der Waals surface area contributed by atoms with E-state index in [0.29, 0.717) is 0 Å². The summed E-state index contributed by atoms with van der Waals surface area (Å²) < 4.78 is 1.70. The summed E-state index contributed by atoms with van der Waals surface area (Å²) in [4.78, 5) is 12.5. The van der Waals surface area contributed by atoms with Gasteiger partial charge >= 0.3 is 0 Å². The summed E-state index contributed by atoms with van der Waals surface area (Å²) in [7, 11) is 1.83. The van der Waals surface area contributed by atoms with Crippen LogP contribution in [0.1, 0.15) is 36.9 Å². The van der Waals surface area contributed by atoms with Crippen molar-refractivity contribution in [3.05, 3.63) is 47.7 Å². The summed E-state index contributed by atoms with van der Waals surface area (Å²) in [5, 5.41) is 7.22. The Hall–Kier alpha value is -2.10. The fourth-order valence-corrected chi connectivity index (χ4v) is 2.36. The van der Waals surface area contributed by atoms with Crippen molar-refractivity contribution in [1.29, 1.82) is 0 Å². The Morgan fingerprint density at radius 2 is 2.05 bits per heavy atom. The molecule has 1 aromatic heterocycles. The molecule has 0 radical (unpaired) electrons. The van der Waals surface area contributed by atoms with Gasteiger partial charge in [0.05, 0.1) is 11.6 Å². The third kappa shape index (κ3) is 3.26. The normalized spacial score (nSPS) is 12.2. The Balaban J connectivity index is 2.17. The lowest BCUT2D eigenvalue weighted by Crippen LogP contribution is -2.22. The minimum Gasteiger partial charge on any atom is -0.310 e. The number of hydrogen-bond donors (Lipinski definition) is 1. The second kappa shape index (κ2) is 6.37. The van der Waals surface area contributed by atoms with Crippen LogP contribution in [-0.4, -0.2) is 15.7 Å². The van der Waals surface area contributed by atoms with Gasteiger partial charge in [0.1, 0.15) is 5.82 Å². The van der Waals surface area contributed by atoms with E-state index in [4.69, 9.17) is 0 Å². The van der Waals surface area contributed by atoms with E-state index in [9.17, 15) is 4.79 Å². The van der Waals surface area contributed by atoms with Crippen molar-refractivity contribution in [2.24, 2.45) is 7.05 Å². The van der Waals surface area contributed by atoms with E-state index in [1.165, 1.54) is 0 Å². The van der Waals surface area contributed by atoms with Crippen LogP contribution in [0, 0.1) is 6.92 Å². The van der Waals surface area contributed by atoms with Crippen LogP contribution in [0.25, 0.3) is 0 Å². The number of aryl methyl sites for hydroxylation is 2. The first-order valence-corrected chi connectivity index (χ1v) is 6.98. The number of hydrogen-bond acceptors (Lipinski definition) is 2. The fourth-order valence-electron chi connectivity index (χ4n) is 2.36. The van der Waals surface area contributed by atoms with E-state index in [1.807, 2.05) is 50.4 Å². The molecule has 0 saturated carbocycles. The van der Waals surface area contributed by atoms with E-state index in [2.05, 4.69) is 17.3 Å². The Labute approximate surface area is 119 Å². The molecule has 4 nitrogen and oxygen atoms in total. The number of anilines is 1. The standard InChI is InChI=1S/C16H21N3O/c1-4-8-14(13-9-6-5-7-10-13)16(20)17-15-11-12(2)18-19(15)3/h5-7,9-11,14H,4,8H2,1-3H3,(H,17,20). The molecule has 0 aliphatic carbocycles. The minimum atomic E-state index is -0.114. The minimum absolute atomic E-state index is 0.0288. The number of benzene rings is 1. The molecule has 1 unspecified atom stereocenters. The molecule has 0 fully saturated rings. The summed E-state index contributed by atoms with van der Waals surface area (Å²) in [5.74, 6) is 0.655. The first-order chi connectivity index (χ1) is 9.61. The molecule has 20 heavy (non-hydrogen) atoms. The monoisotopic (exact) mass is 271 g/mol. The number of aromatic nitrogens is 2. The topological polar surface area (TPSA) is 46.9 Å². The SMILES string of the molecule is CCCC(C(=O)Nc1cc(C)nn1C)c1ccccc1. The molecule has 1 amide bonds. The van der Waals surface area contributed by atoms with Gasteiger partial charge in [-0.25, -0.2) is 0 Å². The summed E-state index contributed by atoms with van der Waals surface area (Å²) in [6.07, 6.45) is 1.81. The molecule has 1 atom stereocenters. The molecule has 0 aliphatic heterocycles. The van der Waals surface area contributed by atoms with Crippen LogP contribution >= 0.6 is 0 Å². The maximum Gasteiger partial charge on any atom is 0.233 e. The van der Waals surface area contributed by atoms with Crippen molar-refractivity contribution in [2.45, 2.75) is 32.6 Å². The Kier molecular flexibility index (Phi) is 4.56. The van der Waals surface area contributed by atoms with Gasteiger partial charge in [-0.15, -0.1) is 0 Å². The first-order valence-electron chi connectivity index (χ1n) is 6.98. The molecular weight excluding hydrogens is 250 g/mol. The molecule has 1 N–H and O–H groups in total. The Morgan fingerprint density at radius 1 is 1.35 bits per heavy atom. The van der Waals surface area contributed by atoms with Gasteiger partial charge < -0.3 is 5.32 Å². The van der Waals surface area contributed by atoms with Crippen LogP contribution in [0.15, 0.2) is 36.4 Å². The van der Waals surface area contributed by atoms with Gasteiger partial charge in [0.2, 0.25) is 5.91 Å². The van der Waals surface area contributed by atoms with Crippen molar-refractivity contribution in [1.82, 2.24) is 9.78 Å². The number of nitrogens with zero attached hydrogens (tertiary/aromatic N) is 2. The predicted octanol–water partition coefficient (Wildman–Crippen LogP) is 3.25. The van der Waals surface area contributed by atoms with Crippen molar-refractivity contribution < 1.29 is 4.79 Å². The van der Waals surface area contributed by atoms with E-state index in [1.54, 1.807) is 4.68 Å². The molecule has 2 aromatic rings. The van der Waals surface area contributed by atoms with Gasteiger partial charge in [-0.05, 0) is 18.9 Å². The fraction of sp³-hybridized carbons (Fsp3) is 0.375. The number of rotatable bonds is 5. The van der Waals surface area contributed by atoms with Gasteiger partial charge in [0.15, 0.2) is 0 Å². The molecule has 0 spiro atoms. The highest BCUT2D eigenvalue weighted by Gasteiger charge is 2.20. The highest BCUT2D eigenvalue weighted by atomic mass is 16.2. The van der Waals surface area contributed by atoms with Crippen LogP contribution in [0.4, 0.5) is 5.82 Å². The molecule has 1 aromatic carbocycles. The number of carbonyl (C=O) groups excluding carboxylic acids is 1. The summed E-state index contributed by atoms with van der Waals surface area (Å²) in [6, 6.07) is 11.8. The average molecular weight is 271 g/mol. The summed E-state index contributed by atoms with van der Waals surface area (Å²) in [5.41, 5.74) is 1.96. The third-order valence-corrected chi connectivity index (χ3v) is 3.35. The number of nitrogens with one attached hydrogen (secondary N) is 1. The second-order valence-corrected chi connectivity index (χ2v) is 5.04. The molecule has 4 heteroatoms. The molecule has 1 heterocycles. The maximum absolute atomic E-state index is 12.5. The zero-order valence-electron chi connectivity index (χ0n) is 12.3. The van der Waals surface area contributed by atoms with Crippen molar-refractivity contribution in [3.63, 3.8) is 0 Å². The zero-order chi connectivity index (χ0) is 14.5. The summed E-state index contributed by atoms with van der Waals surface area (Å²) in [6.45, 7) is 4.01. The molecule has 0 saturated heterocycles. The van der Waals surface area contributed by atoms with E-state index >= 15 is 0 Å². The Morgan fingerprint density at radius 3 is 2.60 bits per heavy atom. The van der Waals surface area contributed by atoms with Gasteiger partial charge in [0, 0.05) is 13.1 Å².